The first-order chi connectivity index (χ1) is 10.8. The van der Waals surface area contributed by atoms with Crippen LogP contribution in [0.4, 0.5) is 0 Å². The van der Waals surface area contributed by atoms with Crippen LogP contribution in [-0.4, -0.2) is 83.5 Å². The predicted molar refractivity (Wildman–Crippen MR) is 80.5 cm³/mol. The van der Waals surface area contributed by atoms with E-state index in [0.29, 0.717) is 0 Å². The van der Waals surface area contributed by atoms with Gasteiger partial charge in [-0.05, 0) is 5.41 Å². The number of aliphatic hydroxyl groups excluding tert-OH is 3. The van der Waals surface area contributed by atoms with Gasteiger partial charge in [0, 0.05) is 6.54 Å². The third kappa shape index (κ3) is 2.91. The fourth-order valence-electron chi connectivity index (χ4n) is 3.79. The molecule has 8 nitrogen and oxygen atoms in total. The summed E-state index contributed by atoms with van der Waals surface area (Å²) in [6.45, 7) is 6.09. The molecule has 6 N–H and O–H groups in total. The Morgan fingerprint density at radius 1 is 1.00 bits per heavy atom. The van der Waals surface area contributed by atoms with Gasteiger partial charge in [-0.3, -0.25) is 5.32 Å². The highest BCUT2D eigenvalue weighted by atomic mass is 16.7. The number of aliphatic hydroxyl groups is 3. The molecule has 0 amide bonds. The summed E-state index contributed by atoms with van der Waals surface area (Å²) in [6, 6.07) is -0.770. The molecule has 3 fully saturated rings. The van der Waals surface area contributed by atoms with Crippen LogP contribution in [0.2, 0.25) is 0 Å². The summed E-state index contributed by atoms with van der Waals surface area (Å²) in [5.74, 6) is 0. The number of morpholine rings is 1. The number of hydrogen-bond acceptors (Lipinski definition) is 8. The van der Waals surface area contributed by atoms with Crippen molar-refractivity contribution in [3.8, 4) is 0 Å². The zero-order chi connectivity index (χ0) is 16.9. The lowest BCUT2D eigenvalue weighted by molar-refractivity contribution is -0.297. The van der Waals surface area contributed by atoms with Crippen molar-refractivity contribution in [1.82, 2.24) is 5.32 Å². The van der Waals surface area contributed by atoms with Gasteiger partial charge < -0.3 is 35.3 Å². The summed E-state index contributed by atoms with van der Waals surface area (Å²) in [4.78, 5) is 0. The van der Waals surface area contributed by atoms with Crippen LogP contribution in [0.3, 0.4) is 0 Å². The van der Waals surface area contributed by atoms with E-state index in [0.717, 1.165) is 0 Å². The maximum atomic E-state index is 10.4. The van der Waals surface area contributed by atoms with Crippen molar-refractivity contribution >= 4 is 0 Å². The van der Waals surface area contributed by atoms with Crippen molar-refractivity contribution in [2.24, 2.45) is 11.1 Å². The van der Waals surface area contributed by atoms with E-state index in [2.05, 4.69) is 26.1 Å². The summed E-state index contributed by atoms with van der Waals surface area (Å²) in [5, 5.41) is 33.4. The zero-order valence-corrected chi connectivity index (χ0v) is 13.8. The molecule has 23 heavy (non-hydrogen) atoms. The van der Waals surface area contributed by atoms with Gasteiger partial charge in [-0.15, -0.1) is 0 Å². The molecule has 0 saturated carbocycles. The molecule has 0 aromatic rings. The second-order valence-electron chi connectivity index (χ2n) is 7.72. The van der Waals surface area contributed by atoms with Crippen LogP contribution in [0, 0.1) is 5.41 Å². The Labute approximate surface area is 135 Å². The summed E-state index contributed by atoms with van der Waals surface area (Å²) in [7, 11) is 0. The highest BCUT2D eigenvalue weighted by Crippen LogP contribution is 2.40. The monoisotopic (exact) mass is 332 g/mol. The minimum absolute atomic E-state index is 0.0868. The molecule has 0 aliphatic carbocycles. The van der Waals surface area contributed by atoms with Crippen LogP contribution in [0.15, 0.2) is 0 Å². The maximum absolute atomic E-state index is 10.4. The van der Waals surface area contributed by atoms with E-state index in [4.69, 9.17) is 19.9 Å². The van der Waals surface area contributed by atoms with E-state index in [9.17, 15) is 15.3 Å². The normalized spacial score (nSPS) is 50.5. The summed E-state index contributed by atoms with van der Waals surface area (Å²) < 4.78 is 17.7. The van der Waals surface area contributed by atoms with Gasteiger partial charge in [-0.2, -0.15) is 0 Å². The van der Waals surface area contributed by atoms with E-state index in [1.54, 1.807) is 0 Å². The Kier molecular flexibility index (Phi) is 4.72. The van der Waals surface area contributed by atoms with E-state index < -0.39 is 36.7 Å². The number of hydrogen-bond donors (Lipinski definition) is 5. The lowest BCUT2D eigenvalue weighted by atomic mass is 9.82. The van der Waals surface area contributed by atoms with E-state index in [-0.39, 0.29) is 36.8 Å². The fourth-order valence-corrected chi connectivity index (χ4v) is 3.79. The first-order valence-electron chi connectivity index (χ1n) is 8.17. The minimum atomic E-state index is -1.07. The van der Waals surface area contributed by atoms with Gasteiger partial charge in [0.1, 0.15) is 30.5 Å². The molecule has 8 heteroatoms. The molecule has 3 rings (SSSR count). The smallest absolute Gasteiger partial charge is 0.176 e. The molecule has 0 aromatic heterocycles. The largest absolute Gasteiger partial charge is 0.394 e. The first kappa shape index (κ1) is 17.5. The summed E-state index contributed by atoms with van der Waals surface area (Å²) >= 11 is 0. The van der Waals surface area contributed by atoms with Crippen molar-refractivity contribution < 1.29 is 29.5 Å². The molecule has 3 heterocycles. The second kappa shape index (κ2) is 6.20. The van der Waals surface area contributed by atoms with E-state index in [1.165, 1.54) is 0 Å². The highest BCUT2D eigenvalue weighted by molar-refractivity contribution is 5.08. The molecule has 0 bridgehead atoms. The zero-order valence-electron chi connectivity index (χ0n) is 13.8. The summed E-state index contributed by atoms with van der Waals surface area (Å²) in [5.41, 5.74) is 5.41. The Bertz CT molecular complexity index is 431. The van der Waals surface area contributed by atoms with Crippen LogP contribution in [-0.2, 0) is 14.2 Å². The van der Waals surface area contributed by atoms with Crippen LogP contribution >= 0.6 is 0 Å². The van der Waals surface area contributed by atoms with Crippen molar-refractivity contribution in [3.63, 3.8) is 0 Å². The number of ether oxygens (including phenoxy) is 3. The topological polar surface area (TPSA) is 126 Å². The predicted octanol–water partition coefficient (Wildman–Crippen LogP) is -2.08. The average molecular weight is 332 g/mol. The van der Waals surface area contributed by atoms with Gasteiger partial charge in [0.15, 0.2) is 6.29 Å². The summed E-state index contributed by atoms with van der Waals surface area (Å²) in [6.07, 6.45) is -4.57. The van der Waals surface area contributed by atoms with Crippen LogP contribution in [0.5, 0.6) is 0 Å². The van der Waals surface area contributed by atoms with E-state index in [1.807, 2.05) is 0 Å². The third-order valence-corrected chi connectivity index (χ3v) is 5.01. The first-order valence-corrected chi connectivity index (χ1v) is 8.17. The second-order valence-corrected chi connectivity index (χ2v) is 7.72. The number of fused-ring (bicyclic) bond motifs is 2. The molecule has 0 radical (unpaired) electrons. The Morgan fingerprint density at radius 3 is 2.26 bits per heavy atom. The van der Waals surface area contributed by atoms with Gasteiger partial charge in [0.25, 0.3) is 0 Å². The molecular weight excluding hydrogens is 304 g/mol. The van der Waals surface area contributed by atoms with Gasteiger partial charge >= 0.3 is 0 Å². The fraction of sp³-hybridized carbons (Fsp3) is 1.00. The van der Waals surface area contributed by atoms with E-state index >= 15 is 0 Å². The standard InChI is InChI=1S/C15H28N2O6/c1-15(2,3)13-9-12(7(5-18)21-13)23-14-8(17-9)11(20)10(19)6(4-16)22-14/h6-14,17-20H,4-5,16H2,1-3H3/t6-,7?,8?,9?,10?,11?,12?,13?,14?/m0/s1. The lowest BCUT2D eigenvalue weighted by Crippen LogP contribution is -2.72. The molecule has 3 saturated heterocycles. The van der Waals surface area contributed by atoms with Crippen molar-refractivity contribution in [3.05, 3.63) is 0 Å². The Balaban J connectivity index is 1.83. The highest BCUT2D eigenvalue weighted by Gasteiger charge is 2.58. The molecule has 134 valence electrons. The van der Waals surface area contributed by atoms with Crippen LogP contribution in [0.25, 0.3) is 0 Å². The number of nitrogens with one attached hydrogen (secondary N) is 1. The number of rotatable bonds is 2. The lowest BCUT2D eigenvalue weighted by Gasteiger charge is -2.49. The van der Waals surface area contributed by atoms with Crippen molar-refractivity contribution in [2.45, 2.75) is 75.8 Å². The van der Waals surface area contributed by atoms with Gasteiger partial charge in [-0.1, -0.05) is 20.8 Å². The average Bonchev–Trinajstić information content (AvgIpc) is 2.87. The van der Waals surface area contributed by atoms with Gasteiger partial charge in [0.2, 0.25) is 0 Å². The molecule has 3 aliphatic heterocycles. The van der Waals surface area contributed by atoms with Crippen LogP contribution in [0.1, 0.15) is 20.8 Å². The number of nitrogens with two attached hydrogens (primary N) is 1. The SMILES string of the molecule is CC(C)(C)C1OC(CO)C2OC3O[C@@H](CN)C(O)C(O)C3NC21. The molecule has 9 atom stereocenters. The van der Waals surface area contributed by atoms with Gasteiger partial charge in [-0.25, -0.2) is 0 Å². The minimum Gasteiger partial charge on any atom is -0.394 e. The molecular formula is C15H28N2O6. The Morgan fingerprint density at radius 2 is 1.70 bits per heavy atom. The molecule has 0 spiro atoms. The maximum Gasteiger partial charge on any atom is 0.176 e. The quantitative estimate of drug-likeness (QED) is 0.390. The molecule has 8 unspecified atom stereocenters. The van der Waals surface area contributed by atoms with Crippen molar-refractivity contribution in [1.29, 1.82) is 0 Å². The van der Waals surface area contributed by atoms with Crippen LogP contribution < -0.4 is 11.1 Å². The molecule has 3 aliphatic rings. The third-order valence-electron chi connectivity index (χ3n) is 5.01. The Hall–Kier alpha value is -0.320. The van der Waals surface area contributed by atoms with Crippen molar-refractivity contribution in [2.75, 3.05) is 13.2 Å². The van der Waals surface area contributed by atoms with Gasteiger partial charge in [0.05, 0.1) is 24.8 Å². The molecule has 0 aromatic carbocycles.